The average Bonchev–Trinajstić information content (AvgIpc) is 2.69. The van der Waals surface area contributed by atoms with Gasteiger partial charge in [0.25, 0.3) is 5.91 Å². The monoisotopic (exact) mass is 427 g/mol. The van der Waals surface area contributed by atoms with Crippen LogP contribution in [0.1, 0.15) is 6.42 Å². The van der Waals surface area contributed by atoms with Crippen LogP contribution in [0.15, 0.2) is 59.1 Å². The lowest BCUT2D eigenvalue weighted by Gasteiger charge is -2.27. The number of rotatable bonds is 7. The van der Waals surface area contributed by atoms with E-state index < -0.39 is 5.91 Å². The molecule has 3 amide bonds. The molecular weight excluding hydrogens is 410 g/mol. The molecule has 9 heteroatoms. The SMILES string of the molecule is O=C1C=C(C(=O)NCCOc2cc(Cl)cc(OC3CC(=O)N3)c2)C2C=CC=CC2=N1. The Morgan fingerprint density at radius 3 is 2.83 bits per heavy atom. The second-order valence-electron chi connectivity index (χ2n) is 6.80. The van der Waals surface area contributed by atoms with Crippen LogP contribution in [0.2, 0.25) is 5.02 Å². The summed E-state index contributed by atoms with van der Waals surface area (Å²) in [4.78, 5) is 39.2. The lowest BCUT2D eigenvalue weighted by molar-refractivity contribution is -0.134. The zero-order valence-corrected chi connectivity index (χ0v) is 16.5. The number of fused-ring (bicyclic) bond motifs is 1. The van der Waals surface area contributed by atoms with Crippen LogP contribution in [-0.2, 0) is 14.4 Å². The molecule has 1 saturated heterocycles. The largest absolute Gasteiger partial charge is 0.492 e. The molecule has 30 heavy (non-hydrogen) atoms. The molecule has 8 nitrogen and oxygen atoms in total. The molecule has 1 fully saturated rings. The summed E-state index contributed by atoms with van der Waals surface area (Å²) in [6.45, 7) is 0.415. The number of carbonyl (C=O) groups excluding carboxylic acids is 3. The third-order valence-corrected chi connectivity index (χ3v) is 4.81. The highest BCUT2D eigenvalue weighted by Gasteiger charge is 2.28. The van der Waals surface area contributed by atoms with E-state index in [0.717, 1.165) is 0 Å². The van der Waals surface area contributed by atoms with Gasteiger partial charge >= 0.3 is 0 Å². The third-order valence-electron chi connectivity index (χ3n) is 4.59. The second kappa shape index (κ2) is 8.54. The number of ether oxygens (including phenoxy) is 2. The Hall–Kier alpha value is -3.39. The number of benzene rings is 1. The van der Waals surface area contributed by atoms with Crippen molar-refractivity contribution < 1.29 is 23.9 Å². The van der Waals surface area contributed by atoms with Gasteiger partial charge in [0.15, 0.2) is 6.23 Å². The maximum Gasteiger partial charge on any atom is 0.270 e. The maximum atomic E-state index is 12.5. The average molecular weight is 428 g/mol. The molecule has 0 saturated carbocycles. The molecule has 1 aromatic carbocycles. The molecule has 3 aliphatic rings. The van der Waals surface area contributed by atoms with Crippen molar-refractivity contribution in [2.45, 2.75) is 12.6 Å². The summed E-state index contributed by atoms with van der Waals surface area (Å²) < 4.78 is 11.2. The number of hydrogen-bond donors (Lipinski definition) is 2. The van der Waals surface area contributed by atoms with Gasteiger partial charge in [-0.2, -0.15) is 0 Å². The van der Waals surface area contributed by atoms with E-state index in [1.165, 1.54) is 6.08 Å². The quantitative estimate of drug-likeness (QED) is 0.509. The van der Waals surface area contributed by atoms with E-state index in [9.17, 15) is 14.4 Å². The van der Waals surface area contributed by atoms with Gasteiger partial charge in [-0.3, -0.25) is 14.4 Å². The number of aliphatic imine (C=N–C) groups is 1. The number of nitrogens with zero attached hydrogens (tertiary/aromatic N) is 1. The first-order chi connectivity index (χ1) is 14.5. The Morgan fingerprint density at radius 2 is 2.03 bits per heavy atom. The lowest BCUT2D eigenvalue weighted by atomic mass is 9.87. The summed E-state index contributed by atoms with van der Waals surface area (Å²) in [6, 6.07) is 4.90. The van der Waals surface area contributed by atoms with Crippen LogP contribution in [-0.4, -0.2) is 42.8 Å². The number of nitrogens with one attached hydrogen (secondary N) is 2. The standard InChI is InChI=1S/C21H18ClN3O5/c22-12-7-13(9-14(8-12)30-20-11-19(27)25-20)29-6-5-23-21(28)16-10-18(26)24-17-4-2-1-3-15(16)17/h1-4,7-10,15,20H,5-6,11H2,(H,23,28)(H,25,27). The van der Waals surface area contributed by atoms with E-state index in [1.807, 2.05) is 12.2 Å². The molecule has 2 N–H and O–H groups in total. The molecule has 2 unspecified atom stereocenters. The first kappa shape index (κ1) is 19.9. The van der Waals surface area contributed by atoms with Crippen LogP contribution in [0.3, 0.4) is 0 Å². The van der Waals surface area contributed by atoms with E-state index in [2.05, 4.69) is 15.6 Å². The summed E-state index contributed by atoms with van der Waals surface area (Å²) in [6.07, 6.45) is 8.33. The predicted molar refractivity (Wildman–Crippen MR) is 109 cm³/mol. The van der Waals surface area contributed by atoms with Crippen LogP contribution < -0.4 is 20.1 Å². The Bertz CT molecular complexity index is 1020. The number of β-lactam (4-membered cyclic amide) rings is 1. The summed E-state index contributed by atoms with van der Waals surface area (Å²) in [7, 11) is 0. The molecule has 2 atom stereocenters. The van der Waals surface area contributed by atoms with E-state index in [-0.39, 0.29) is 37.1 Å². The summed E-state index contributed by atoms with van der Waals surface area (Å²) in [5.41, 5.74) is 0.909. The molecule has 4 rings (SSSR count). The maximum absolute atomic E-state index is 12.5. The molecule has 0 bridgehead atoms. The first-order valence-electron chi connectivity index (χ1n) is 9.34. The molecular formula is C21H18ClN3O5. The Labute approximate surface area is 177 Å². The van der Waals surface area contributed by atoms with E-state index in [4.69, 9.17) is 21.1 Å². The van der Waals surface area contributed by atoms with E-state index in [0.29, 0.717) is 34.2 Å². The molecule has 2 aliphatic heterocycles. The van der Waals surface area contributed by atoms with Crippen molar-refractivity contribution in [3.8, 4) is 11.5 Å². The summed E-state index contributed by atoms with van der Waals surface area (Å²) in [5, 5.41) is 5.78. The highest BCUT2D eigenvalue weighted by atomic mass is 35.5. The molecule has 1 aliphatic carbocycles. The minimum atomic E-state index is -0.447. The number of halogens is 1. The topological polar surface area (TPSA) is 106 Å². The van der Waals surface area contributed by atoms with Gasteiger partial charge in [0.1, 0.15) is 18.1 Å². The second-order valence-corrected chi connectivity index (χ2v) is 7.24. The smallest absolute Gasteiger partial charge is 0.270 e. The van der Waals surface area contributed by atoms with Gasteiger partial charge in [0, 0.05) is 22.7 Å². The van der Waals surface area contributed by atoms with Crippen LogP contribution in [0.4, 0.5) is 0 Å². The van der Waals surface area contributed by atoms with Gasteiger partial charge in [-0.05, 0) is 18.2 Å². The number of allylic oxidation sites excluding steroid dienone is 4. The van der Waals surface area contributed by atoms with Crippen molar-refractivity contribution in [2.24, 2.45) is 10.9 Å². The summed E-state index contributed by atoms with van der Waals surface area (Å²) in [5.74, 6) is -0.243. The molecule has 1 aromatic rings. The van der Waals surface area contributed by atoms with Crippen LogP contribution in [0.5, 0.6) is 11.5 Å². The Balaban J connectivity index is 1.29. The molecule has 0 aromatic heterocycles. The fourth-order valence-corrected chi connectivity index (χ4v) is 3.39. The lowest BCUT2D eigenvalue weighted by Crippen LogP contribution is -2.51. The van der Waals surface area contributed by atoms with Crippen molar-refractivity contribution in [2.75, 3.05) is 13.2 Å². The van der Waals surface area contributed by atoms with Crippen molar-refractivity contribution in [1.29, 1.82) is 0 Å². The Kier molecular flexibility index (Phi) is 5.67. The van der Waals surface area contributed by atoms with E-state index >= 15 is 0 Å². The number of carbonyl (C=O) groups is 3. The third kappa shape index (κ3) is 4.60. The highest BCUT2D eigenvalue weighted by Crippen LogP contribution is 2.28. The van der Waals surface area contributed by atoms with Crippen molar-refractivity contribution in [3.05, 3.63) is 59.2 Å². The van der Waals surface area contributed by atoms with Gasteiger partial charge in [-0.15, -0.1) is 0 Å². The van der Waals surface area contributed by atoms with Gasteiger partial charge in [0.05, 0.1) is 24.6 Å². The number of amides is 3. The molecule has 2 heterocycles. The predicted octanol–water partition coefficient (Wildman–Crippen LogP) is 1.71. The first-order valence-corrected chi connectivity index (χ1v) is 9.72. The van der Waals surface area contributed by atoms with Crippen LogP contribution >= 0.6 is 11.6 Å². The minimum absolute atomic E-state index is 0.0674. The number of dihydropyridines is 1. The minimum Gasteiger partial charge on any atom is -0.492 e. The fraction of sp³-hybridized carbons (Fsp3) is 0.238. The van der Waals surface area contributed by atoms with Crippen molar-refractivity contribution >= 4 is 35.0 Å². The van der Waals surface area contributed by atoms with Crippen molar-refractivity contribution in [1.82, 2.24) is 10.6 Å². The van der Waals surface area contributed by atoms with Crippen LogP contribution in [0, 0.1) is 5.92 Å². The van der Waals surface area contributed by atoms with Gasteiger partial charge in [-0.25, -0.2) is 4.99 Å². The fourth-order valence-electron chi connectivity index (χ4n) is 3.18. The summed E-state index contributed by atoms with van der Waals surface area (Å²) >= 11 is 6.09. The number of hydrogen-bond acceptors (Lipinski definition) is 5. The zero-order valence-electron chi connectivity index (χ0n) is 15.8. The van der Waals surface area contributed by atoms with Crippen molar-refractivity contribution in [3.63, 3.8) is 0 Å². The van der Waals surface area contributed by atoms with Gasteiger partial charge in [0.2, 0.25) is 11.8 Å². The Morgan fingerprint density at radius 1 is 1.23 bits per heavy atom. The van der Waals surface area contributed by atoms with Gasteiger partial charge < -0.3 is 20.1 Å². The van der Waals surface area contributed by atoms with Crippen LogP contribution in [0.25, 0.3) is 0 Å². The molecule has 0 radical (unpaired) electrons. The highest BCUT2D eigenvalue weighted by molar-refractivity contribution is 6.30. The molecule has 154 valence electrons. The normalized spacial score (nSPS) is 21.6. The zero-order chi connectivity index (χ0) is 21.1. The molecule has 0 spiro atoms. The van der Waals surface area contributed by atoms with Gasteiger partial charge in [-0.1, -0.05) is 29.8 Å². The van der Waals surface area contributed by atoms with E-state index in [1.54, 1.807) is 30.4 Å².